The molecule has 27 heavy (non-hydrogen) atoms. The molecule has 0 bridgehead atoms. The van der Waals surface area contributed by atoms with Crippen LogP contribution in [0.2, 0.25) is 0 Å². The zero-order chi connectivity index (χ0) is 19.2. The lowest BCUT2D eigenvalue weighted by molar-refractivity contribution is -0.129. The summed E-state index contributed by atoms with van der Waals surface area (Å²) in [6.45, 7) is 0.473. The molecule has 1 aliphatic carbocycles. The molecular weight excluding hydrogens is 350 g/mol. The van der Waals surface area contributed by atoms with E-state index in [1.165, 1.54) is 6.33 Å². The summed E-state index contributed by atoms with van der Waals surface area (Å²) in [6.07, 6.45) is 4.69. The molecule has 2 heterocycles. The van der Waals surface area contributed by atoms with Crippen molar-refractivity contribution in [2.24, 2.45) is 13.0 Å². The molecule has 2 aromatic heterocycles. The molecule has 0 saturated heterocycles. The van der Waals surface area contributed by atoms with Gasteiger partial charge in [-0.15, -0.1) is 0 Å². The number of aliphatic hydroxyl groups excluding tert-OH is 1. The number of rotatable bonds is 7. The number of carbonyl (C=O) groups is 2. The number of aromatic nitrogens is 5. The molecule has 10 heteroatoms. The summed E-state index contributed by atoms with van der Waals surface area (Å²) in [5, 5.41) is 26.5. The molecule has 1 saturated carbocycles. The number of aromatic amines is 1. The van der Waals surface area contributed by atoms with Crippen LogP contribution in [0.15, 0.2) is 18.6 Å². The van der Waals surface area contributed by atoms with Crippen molar-refractivity contribution in [2.45, 2.75) is 44.2 Å². The van der Waals surface area contributed by atoms with Gasteiger partial charge in [0.25, 0.3) is 0 Å². The minimum absolute atomic E-state index is 0.0584. The smallest absolute Gasteiger partial charge is 0.226 e. The van der Waals surface area contributed by atoms with Gasteiger partial charge in [-0.25, -0.2) is 4.98 Å². The van der Waals surface area contributed by atoms with Crippen molar-refractivity contribution in [1.29, 1.82) is 0 Å². The van der Waals surface area contributed by atoms with Crippen LogP contribution < -0.4 is 10.6 Å². The lowest BCUT2D eigenvalue weighted by Crippen LogP contribution is -2.50. The van der Waals surface area contributed by atoms with Crippen molar-refractivity contribution < 1.29 is 14.7 Å². The van der Waals surface area contributed by atoms with Crippen molar-refractivity contribution in [3.8, 4) is 0 Å². The molecule has 3 atom stereocenters. The lowest BCUT2D eigenvalue weighted by Gasteiger charge is -2.33. The number of aryl methyl sites for hydroxylation is 1. The zero-order valence-corrected chi connectivity index (χ0v) is 15.3. The van der Waals surface area contributed by atoms with E-state index < -0.39 is 12.1 Å². The Morgan fingerprint density at radius 3 is 2.96 bits per heavy atom. The van der Waals surface area contributed by atoms with E-state index in [2.05, 4.69) is 30.9 Å². The van der Waals surface area contributed by atoms with Gasteiger partial charge in [-0.1, -0.05) is 0 Å². The molecule has 0 radical (unpaired) electrons. The number of amides is 2. The summed E-state index contributed by atoms with van der Waals surface area (Å²) < 4.78 is 1.67. The molecule has 0 unspecified atom stereocenters. The zero-order valence-electron chi connectivity index (χ0n) is 15.3. The van der Waals surface area contributed by atoms with Crippen LogP contribution in [0.4, 0.5) is 0 Å². The molecule has 0 aliphatic heterocycles. The summed E-state index contributed by atoms with van der Waals surface area (Å²) in [4.78, 5) is 28.7. The van der Waals surface area contributed by atoms with Crippen molar-refractivity contribution in [1.82, 2.24) is 35.6 Å². The minimum atomic E-state index is -0.640. The largest absolute Gasteiger partial charge is 0.391 e. The number of H-pyrrole nitrogens is 1. The second-order valence-corrected chi connectivity index (χ2v) is 6.85. The number of hydrogen-bond donors (Lipinski definition) is 4. The summed E-state index contributed by atoms with van der Waals surface area (Å²) in [6, 6.07) is 1.30. The molecule has 4 N–H and O–H groups in total. The van der Waals surface area contributed by atoms with Gasteiger partial charge < -0.3 is 15.7 Å². The van der Waals surface area contributed by atoms with Gasteiger partial charge >= 0.3 is 0 Å². The van der Waals surface area contributed by atoms with Gasteiger partial charge in [-0.2, -0.15) is 10.2 Å². The van der Waals surface area contributed by atoms with E-state index in [4.69, 9.17) is 0 Å². The van der Waals surface area contributed by atoms with E-state index in [1.807, 2.05) is 7.05 Å². The quantitative estimate of drug-likeness (QED) is 0.494. The fourth-order valence-corrected chi connectivity index (χ4v) is 3.35. The van der Waals surface area contributed by atoms with Crippen LogP contribution in [0.3, 0.4) is 0 Å². The van der Waals surface area contributed by atoms with E-state index >= 15 is 0 Å². The van der Waals surface area contributed by atoms with Gasteiger partial charge in [-0.3, -0.25) is 19.4 Å². The van der Waals surface area contributed by atoms with Crippen molar-refractivity contribution >= 4 is 11.8 Å². The predicted molar refractivity (Wildman–Crippen MR) is 95.3 cm³/mol. The molecule has 10 nitrogen and oxygen atoms in total. The highest BCUT2D eigenvalue weighted by molar-refractivity contribution is 5.80. The number of nitrogens with zero attached hydrogens (tertiary/aromatic N) is 4. The minimum Gasteiger partial charge on any atom is -0.391 e. The monoisotopic (exact) mass is 375 g/mol. The average Bonchev–Trinajstić information content (AvgIpc) is 3.29. The third-order valence-corrected chi connectivity index (χ3v) is 4.89. The van der Waals surface area contributed by atoms with Gasteiger partial charge in [0.15, 0.2) is 0 Å². The Kier molecular flexibility index (Phi) is 6.17. The van der Waals surface area contributed by atoms with Gasteiger partial charge in [0.1, 0.15) is 12.2 Å². The fraction of sp³-hybridized carbons (Fsp3) is 0.588. The van der Waals surface area contributed by atoms with Crippen LogP contribution in [0, 0.1) is 5.92 Å². The third kappa shape index (κ3) is 5.13. The molecule has 1 fully saturated rings. The standard InChI is InChI=1S/C17H25N7O3/c1-24-15(19-10-21-24)5-6-18-17(27)11-2-3-14(25)13(8-11)22-16(26)9-12-4-7-20-23-12/h4,7,10-11,13-14,25H,2-3,5-6,8-9H2,1H3,(H,18,27)(H,20,23)(H,22,26)/t11-,13+,14+/m0/s1. The van der Waals surface area contributed by atoms with E-state index in [0.717, 1.165) is 5.82 Å². The van der Waals surface area contributed by atoms with Crippen molar-refractivity contribution in [3.63, 3.8) is 0 Å². The average molecular weight is 375 g/mol. The second-order valence-electron chi connectivity index (χ2n) is 6.85. The van der Waals surface area contributed by atoms with Crippen LogP contribution in [0.25, 0.3) is 0 Å². The third-order valence-electron chi connectivity index (χ3n) is 4.89. The number of hydrogen-bond acceptors (Lipinski definition) is 6. The summed E-state index contributed by atoms with van der Waals surface area (Å²) in [5.74, 6) is 0.312. The summed E-state index contributed by atoms with van der Waals surface area (Å²) in [7, 11) is 1.81. The Morgan fingerprint density at radius 2 is 2.26 bits per heavy atom. The van der Waals surface area contributed by atoms with Crippen LogP contribution in [0.1, 0.15) is 30.8 Å². The summed E-state index contributed by atoms with van der Waals surface area (Å²) >= 11 is 0. The first-order valence-corrected chi connectivity index (χ1v) is 9.09. The normalized spacial score (nSPS) is 22.4. The summed E-state index contributed by atoms with van der Waals surface area (Å²) in [5.41, 5.74) is 0.705. The molecular formula is C17H25N7O3. The van der Waals surface area contributed by atoms with Gasteiger partial charge in [-0.05, 0) is 25.3 Å². The first-order valence-electron chi connectivity index (χ1n) is 9.09. The highest BCUT2D eigenvalue weighted by Crippen LogP contribution is 2.25. The van der Waals surface area contributed by atoms with Crippen LogP contribution >= 0.6 is 0 Å². The maximum absolute atomic E-state index is 12.4. The molecule has 0 spiro atoms. The molecule has 0 aromatic carbocycles. The Bertz CT molecular complexity index is 758. The van der Waals surface area contributed by atoms with Crippen LogP contribution in [-0.2, 0) is 29.5 Å². The SMILES string of the molecule is Cn1ncnc1CCNC(=O)[C@H]1CC[C@@H](O)[C@H](NC(=O)Cc2ccn[nH]2)C1. The number of aliphatic hydroxyl groups is 1. The highest BCUT2D eigenvalue weighted by atomic mass is 16.3. The Labute approximate surface area is 156 Å². The Balaban J connectivity index is 1.46. The van der Waals surface area contributed by atoms with Crippen molar-refractivity contribution in [3.05, 3.63) is 30.1 Å². The Hall–Kier alpha value is -2.75. The van der Waals surface area contributed by atoms with Crippen molar-refractivity contribution in [2.75, 3.05) is 6.54 Å². The number of carbonyl (C=O) groups excluding carboxylic acids is 2. The molecule has 1 aliphatic rings. The van der Waals surface area contributed by atoms with Gasteiger partial charge in [0, 0.05) is 37.8 Å². The number of nitrogens with one attached hydrogen (secondary N) is 3. The van der Waals surface area contributed by atoms with E-state index in [9.17, 15) is 14.7 Å². The first kappa shape index (κ1) is 19.0. The van der Waals surface area contributed by atoms with E-state index in [1.54, 1.807) is 16.9 Å². The predicted octanol–water partition coefficient (Wildman–Crippen LogP) is -0.915. The maximum Gasteiger partial charge on any atom is 0.226 e. The highest BCUT2D eigenvalue weighted by Gasteiger charge is 2.33. The fourth-order valence-electron chi connectivity index (χ4n) is 3.35. The molecule has 3 rings (SSSR count). The second kappa shape index (κ2) is 8.76. The van der Waals surface area contributed by atoms with Gasteiger partial charge in [0.05, 0.1) is 18.6 Å². The maximum atomic E-state index is 12.4. The topological polar surface area (TPSA) is 138 Å². The molecule has 2 aromatic rings. The Morgan fingerprint density at radius 1 is 1.41 bits per heavy atom. The first-order chi connectivity index (χ1) is 13.0. The lowest BCUT2D eigenvalue weighted by atomic mass is 9.83. The van der Waals surface area contributed by atoms with Crippen LogP contribution in [0.5, 0.6) is 0 Å². The molecule has 2 amide bonds. The molecule has 146 valence electrons. The van der Waals surface area contributed by atoms with Crippen LogP contribution in [-0.4, -0.2) is 60.6 Å². The van der Waals surface area contributed by atoms with E-state index in [-0.39, 0.29) is 24.2 Å². The van der Waals surface area contributed by atoms with E-state index in [0.29, 0.717) is 37.9 Å². The van der Waals surface area contributed by atoms with Gasteiger partial charge in [0.2, 0.25) is 11.8 Å².